The van der Waals surface area contributed by atoms with E-state index < -0.39 is 0 Å². The third-order valence-corrected chi connectivity index (χ3v) is 13.4. The Labute approximate surface area is 403 Å². The second kappa shape index (κ2) is 18.9. The van der Waals surface area contributed by atoms with Crippen molar-refractivity contribution < 1.29 is 9.47 Å². The topological polar surface area (TPSA) is 69.0 Å². The first kappa shape index (κ1) is 42.3. The number of nitrogens with zero attached hydrogens (tertiary/aromatic N) is 4. The van der Waals surface area contributed by atoms with Gasteiger partial charge in [-0.05, 0) is 102 Å². The largest absolute Gasteiger partial charge is 0.497 e. The van der Waals surface area contributed by atoms with Crippen molar-refractivity contribution in [3.63, 3.8) is 0 Å². The van der Waals surface area contributed by atoms with E-state index in [0.29, 0.717) is 0 Å². The van der Waals surface area contributed by atoms with Gasteiger partial charge in [0.2, 0.25) is 0 Å². The van der Waals surface area contributed by atoms with Gasteiger partial charge < -0.3 is 9.47 Å². The molecule has 0 bridgehead atoms. The summed E-state index contributed by atoms with van der Waals surface area (Å²) in [7, 11) is 3.39. The van der Waals surface area contributed by atoms with Crippen molar-refractivity contribution in [2.75, 3.05) is 14.2 Å². The molecule has 11 rings (SSSR count). The van der Waals surface area contributed by atoms with E-state index in [2.05, 4.69) is 194 Å². The minimum absolute atomic E-state index is 0.802. The SMILES string of the molecule is COc1ccc(C(=C(c2ccccc2)c2ccccc2)c2ccc(-c3c4c(c(-c5ccc(C(=C(c6ccccc6)c6ccccc6)c6ccc(OC)cc6)cc5)c5nsnc35)N=S=N4)cc2)cc1. The fraction of sp³-hybridized carbons (Fsp3) is 0.0333. The number of aromatic nitrogens is 2. The van der Waals surface area contributed by atoms with E-state index in [4.69, 9.17) is 26.9 Å². The third kappa shape index (κ3) is 8.06. The number of rotatable bonds is 12. The molecule has 0 unspecified atom stereocenters. The normalized spacial score (nSPS) is 11.4. The third-order valence-electron chi connectivity index (χ3n) is 12.4. The summed E-state index contributed by atoms with van der Waals surface area (Å²) in [6.07, 6.45) is 0. The van der Waals surface area contributed by atoms with Crippen molar-refractivity contribution in [1.29, 1.82) is 0 Å². The Kier molecular flexibility index (Phi) is 11.8. The van der Waals surface area contributed by atoms with Crippen LogP contribution in [0.2, 0.25) is 0 Å². The fourth-order valence-electron chi connectivity index (χ4n) is 9.17. The lowest BCUT2D eigenvalue weighted by atomic mass is 9.84. The zero-order chi connectivity index (χ0) is 45.8. The summed E-state index contributed by atoms with van der Waals surface area (Å²) >= 11 is 2.42. The van der Waals surface area contributed by atoms with Crippen molar-refractivity contribution in [1.82, 2.24) is 8.75 Å². The predicted octanol–water partition coefficient (Wildman–Crippen LogP) is 15.8. The quantitative estimate of drug-likeness (QED) is 0.115. The highest BCUT2D eigenvalue weighted by Crippen LogP contribution is 2.52. The number of fused-ring (bicyclic) bond motifs is 2. The van der Waals surface area contributed by atoms with Crippen molar-refractivity contribution in [3.05, 3.63) is 263 Å². The number of hydrogen-bond donors (Lipinski definition) is 0. The first-order valence-electron chi connectivity index (χ1n) is 22.3. The van der Waals surface area contributed by atoms with E-state index in [0.717, 1.165) is 123 Å². The van der Waals surface area contributed by atoms with Crippen LogP contribution in [-0.4, -0.2) is 23.0 Å². The number of benzene rings is 9. The van der Waals surface area contributed by atoms with Crippen LogP contribution in [0, 0.1) is 0 Å². The molecular weight excluding hydrogens is 873 g/mol. The first-order valence-corrected chi connectivity index (χ1v) is 23.7. The van der Waals surface area contributed by atoms with Crippen molar-refractivity contribution in [2.45, 2.75) is 0 Å². The number of ether oxygens (including phenoxy) is 2. The van der Waals surface area contributed by atoms with Crippen LogP contribution in [-0.2, 0) is 11.4 Å². The van der Waals surface area contributed by atoms with Crippen molar-refractivity contribution in [3.8, 4) is 33.8 Å². The molecule has 0 aliphatic carbocycles. The lowest BCUT2D eigenvalue weighted by Crippen LogP contribution is -1.98. The molecule has 10 aromatic rings. The molecule has 0 atom stereocenters. The number of methoxy groups -OCH3 is 2. The fourth-order valence-corrected chi connectivity index (χ4v) is 10.3. The molecular formula is C60H42N4O2S2. The van der Waals surface area contributed by atoms with E-state index in [9.17, 15) is 0 Å². The van der Waals surface area contributed by atoms with Crippen molar-refractivity contribution in [2.24, 2.45) is 8.73 Å². The second-order valence-corrected chi connectivity index (χ2v) is 17.3. The van der Waals surface area contributed by atoms with Crippen LogP contribution in [0.4, 0.5) is 11.4 Å². The molecule has 1 aliphatic rings. The summed E-state index contributed by atoms with van der Waals surface area (Å²) < 4.78 is 31.0. The van der Waals surface area contributed by atoms with E-state index in [1.54, 1.807) is 14.2 Å². The van der Waals surface area contributed by atoms with Gasteiger partial charge in [-0.2, -0.15) is 17.5 Å². The Morgan fingerprint density at radius 1 is 0.324 bits per heavy atom. The van der Waals surface area contributed by atoms with E-state index in [1.165, 1.54) is 23.1 Å². The maximum atomic E-state index is 5.58. The highest BCUT2D eigenvalue weighted by atomic mass is 32.1. The molecule has 0 amide bonds. The monoisotopic (exact) mass is 914 g/mol. The molecule has 2 heterocycles. The maximum absolute atomic E-state index is 5.58. The summed E-state index contributed by atoms with van der Waals surface area (Å²) in [5.41, 5.74) is 20.4. The molecule has 8 heteroatoms. The van der Waals surface area contributed by atoms with Crippen LogP contribution in [0.15, 0.2) is 227 Å². The highest BCUT2D eigenvalue weighted by molar-refractivity contribution is 7.58. The summed E-state index contributed by atoms with van der Waals surface area (Å²) in [6.45, 7) is 0. The van der Waals surface area contributed by atoms with Crippen molar-refractivity contribution >= 4 is 67.8 Å². The molecule has 68 heavy (non-hydrogen) atoms. The second-order valence-electron chi connectivity index (χ2n) is 16.2. The maximum Gasteiger partial charge on any atom is 0.118 e. The molecule has 9 aromatic carbocycles. The van der Waals surface area contributed by atoms with Crippen LogP contribution in [0.3, 0.4) is 0 Å². The van der Waals surface area contributed by atoms with Gasteiger partial charge in [-0.25, -0.2) is 0 Å². The van der Waals surface area contributed by atoms with Gasteiger partial charge in [0.15, 0.2) is 0 Å². The number of hydrogen-bond acceptors (Lipinski definition) is 7. The molecule has 0 radical (unpaired) electrons. The van der Waals surface area contributed by atoms with Gasteiger partial charge in [-0.1, -0.05) is 194 Å². The molecule has 0 N–H and O–H groups in total. The zero-order valence-electron chi connectivity index (χ0n) is 37.2. The van der Waals surface area contributed by atoms with Gasteiger partial charge in [0.1, 0.15) is 33.9 Å². The average molecular weight is 915 g/mol. The smallest absolute Gasteiger partial charge is 0.118 e. The van der Waals surface area contributed by atoms with Gasteiger partial charge >= 0.3 is 0 Å². The van der Waals surface area contributed by atoms with E-state index in [-0.39, 0.29) is 0 Å². The lowest BCUT2D eigenvalue weighted by molar-refractivity contribution is 0.414. The summed E-state index contributed by atoms with van der Waals surface area (Å²) in [5.74, 6) is 1.61. The van der Waals surface area contributed by atoms with Gasteiger partial charge in [0.25, 0.3) is 0 Å². The van der Waals surface area contributed by atoms with Gasteiger partial charge in [-0.3, -0.25) is 0 Å². The van der Waals surface area contributed by atoms with E-state index >= 15 is 0 Å². The summed E-state index contributed by atoms with van der Waals surface area (Å²) in [5, 5.41) is 0. The first-order chi connectivity index (χ1) is 33.7. The average Bonchev–Trinajstić information content (AvgIpc) is 4.11. The zero-order valence-corrected chi connectivity index (χ0v) is 38.8. The Morgan fingerprint density at radius 3 is 0.868 bits per heavy atom. The molecule has 6 nitrogen and oxygen atoms in total. The van der Waals surface area contributed by atoms with Crippen LogP contribution in [0.1, 0.15) is 44.5 Å². The van der Waals surface area contributed by atoms with Crippen LogP contribution in [0.5, 0.6) is 11.5 Å². The minimum atomic E-state index is 0.802. The van der Waals surface area contributed by atoms with Gasteiger partial charge in [0.05, 0.1) is 37.3 Å². The van der Waals surface area contributed by atoms with Crippen LogP contribution >= 0.6 is 11.7 Å². The Balaban J connectivity index is 1.04. The molecule has 0 saturated heterocycles. The molecule has 0 fully saturated rings. The lowest BCUT2D eigenvalue weighted by Gasteiger charge is -2.19. The Hall–Kier alpha value is -8.30. The molecule has 1 aliphatic heterocycles. The predicted molar refractivity (Wildman–Crippen MR) is 282 cm³/mol. The Morgan fingerprint density at radius 2 is 0.588 bits per heavy atom. The van der Waals surface area contributed by atoms with Crippen LogP contribution in [0.25, 0.3) is 55.6 Å². The van der Waals surface area contributed by atoms with Crippen LogP contribution < -0.4 is 9.47 Å². The molecule has 1 aromatic heterocycles. The van der Waals surface area contributed by atoms with E-state index in [1.807, 2.05) is 24.3 Å². The highest BCUT2D eigenvalue weighted by Gasteiger charge is 2.27. The summed E-state index contributed by atoms with van der Waals surface area (Å²) in [6, 6.07) is 76.6. The molecule has 326 valence electrons. The Bertz CT molecular complexity index is 3230. The van der Waals surface area contributed by atoms with Gasteiger partial charge in [-0.15, -0.1) is 0 Å². The summed E-state index contributed by atoms with van der Waals surface area (Å²) in [4.78, 5) is 0. The van der Waals surface area contributed by atoms with Gasteiger partial charge in [0, 0.05) is 11.1 Å². The molecule has 0 saturated carbocycles. The molecule has 0 spiro atoms. The minimum Gasteiger partial charge on any atom is -0.497 e. The standard InChI is InChI=1S/C60H42N4O2S2/c1-65-49-35-31-45(32-36-49)53(51(39-15-7-3-8-16-39)40-17-9-4-10-18-40)43-23-27-47(28-24-43)55-57-59(63-67-61-57)56(60-58(55)62-68-64-60)48-29-25-44(26-30-48)54(46-33-37-50(66-2)38-34-46)52(41-19-11-5-12-20-41)42-21-13-6-14-22-42/h3-38H,1-2H3.